The smallest absolute Gasteiger partial charge is 0.417 e. The number of carbonyl (C=O) groups is 1. The Morgan fingerprint density at radius 1 is 1.44 bits per heavy atom. The lowest BCUT2D eigenvalue weighted by Crippen LogP contribution is -2.12. The quantitative estimate of drug-likeness (QED) is 0.625. The van der Waals surface area contributed by atoms with Gasteiger partial charge in [-0.25, -0.2) is 9.78 Å². The van der Waals surface area contributed by atoms with Crippen molar-refractivity contribution in [2.45, 2.75) is 24.9 Å². The maximum Gasteiger partial charge on any atom is 0.417 e. The summed E-state index contributed by atoms with van der Waals surface area (Å²) in [5.41, 5.74) is -0.941. The monoisotopic (exact) mass is 279 g/mol. The number of hydrogen-bond acceptors (Lipinski definition) is 4. The number of carbonyl (C=O) groups excluding carboxylic acids is 1. The molecule has 0 spiro atoms. The fourth-order valence-corrected chi connectivity index (χ4v) is 2.01. The number of esters is 1. The standard InChI is InChI=1S/C11H12F3NO2S/c1-3-17-10(16)9-8(18-4-2)5-7(6-15-9)11(12,13)14/h5-6H,3-4H2,1-2H3. The molecule has 0 aliphatic rings. The van der Waals surface area contributed by atoms with Crippen molar-refractivity contribution in [2.24, 2.45) is 0 Å². The average Bonchev–Trinajstić information content (AvgIpc) is 2.28. The summed E-state index contributed by atoms with van der Waals surface area (Å²) in [4.78, 5) is 15.3. The van der Waals surface area contributed by atoms with Crippen LogP contribution in [0.3, 0.4) is 0 Å². The first kappa shape index (κ1) is 14.8. The summed E-state index contributed by atoms with van der Waals surface area (Å²) in [6, 6.07) is 0.924. The summed E-state index contributed by atoms with van der Waals surface area (Å²) in [5, 5.41) is 0. The highest BCUT2D eigenvalue weighted by Crippen LogP contribution is 2.32. The molecule has 0 saturated carbocycles. The number of thioether (sulfide) groups is 1. The lowest BCUT2D eigenvalue weighted by atomic mass is 10.2. The first-order chi connectivity index (χ1) is 8.40. The average molecular weight is 279 g/mol. The van der Waals surface area contributed by atoms with Crippen LogP contribution in [0.2, 0.25) is 0 Å². The molecule has 100 valence electrons. The van der Waals surface area contributed by atoms with Crippen LogP contribution in [0.5, 0.6) is 0 Å². The Hall–Kier alpha value is -1.24. The summed E-state index contributed by atoms with van der Waals surface area (Å²) < 4.78 is 42.3. The number of rotatable bonds is 4. The van der Waals surface area contributed by atoms with E-state index in [0.717, 1.165) is 17.8 Å². The van der Waals surface area contributed by atoms with Crippen LogP contribution in [-0.2, 0) is 10.9 Å². The van der Waals surface area contributed by atoms with Crippen molar-refractivity contribution in [3.8, 4) is 0 Å². The van der Waals surface area contributed by atoms with Gasteiger partial charge in [-0.05, 0) is 18.7 Å². The van der Waals surface area contributed by atoms with E-state index in [1.807, 2.05) is 0 Å². The van der Waals surface area contributed by atoms with Crippen LogP contribution < -0.4 is 0 Å². The fraction of sp³-hybridized carbons (Fsp3) is 0.455. The molecule has 1 heterocycles. The molecule has 0 amide bonds. The van der Waals surface area contributed by atoms with E-state index in [-0.39, 0.29) is 17.2 Å². The molecule has 0 bridgehead atoms. The number of hydrogen-bond donors (Lipinski definition) is 0. The number of halogens is 3. The van der Waals surface area contributed by atoms with E-state index in [2.05, 4.69) is 4.98 Å². The van der Waals surface area contributed by atoms with Crippen LogP contribution in [0.25, 0.3) is 0 Å². The van der Waals surface area contributed by atoms with E-state index in [0.29, 0.717) is 11.9 Å². The van der Waals surface area contributed by atoms with Crippen LogP contribution in [-0.4, -0.2) is 23.3 Å². The molecule has 7 heteroatoms. The molecule has 0 atom stereocenters. The largest absolute Gasteiger partial charge is 0.461 e. The van der Waals surface area contributed by atoms with Crippen LogP contribution in [0.1, 0.15) is 29.9 Å². The Labute approximate surface area is 107 Å². The molecule has 0 saturated heterocycles. The van der Waals surface area contributed by atoms with Gasteiger partial charge in [-0.1, -0.05) is 6.92 Å². The SMILES string of the molecule is CCOC(=O)c1ncc(C(F)(F)F)cc1SCC. The third kappa shape index (κ3) is 3.63. The van der Waals surface area contributed by atoms with Gasteiger partial charge in [0.25, 0.3) is 0 Å². The van der Waals surface area contributed by atoms with Crippen molar-refractivity contribution in [1.29, 1.82) is 0 Å². The van der Waals surface area contributed by atoms with Gasteiger partial charge in [-0.3, -0.25) is 0 Å². The molecule has 3 nitrogen and oxygen atoms in total. The van der Waals surface area contributed by atoms with Gasteiger partial charge >= 0.3 is 12.1 Å². The zero-order chi connectivity index (χ0) is 13.8. The van der Waals surface area contributed by atoms with Gasteiger partial charge < -0.3 is 4.74 Å². The molecule has 1 rings (SSSR count). The molecule has 1 aromatic rings. The molecular weight excluding hydrogens is 267 g/mol. The molecule has 0 aliphatic heterocycles. The number of alkyl halides is 3. The summed E-state index contributed by atoms with van der Waals surface area (Å²) in [6.07, 6.45) is -3.82. The van der Waals surface area contributed by atoms with Gasteiger partial charge in [0.1, 0.15) is 0 Å². The van der Waals surface area contributed by atoms with E-state index >= 15 is 0 Å². The minimum absolute atomic E-state index is 0.0725. The van der Waals surface area contributed by atoms with E-state index < -0.39 is 17.7 Å². The second-order valence-corrected chi connectivity index (χ2v) is 4.53. The highest BCUT2D eigenvalue weighted by Gasteiger charge is 2.32. The maximum atomic E-state index is 12.5. The number of nitrogens with zero attached hydrogens (tertiary/aromatic N) is 1. The second-order valence-electron chi connectivity index (χ2n) is 3.22. The number of ether oxygens (including phenoxy) is 1. The van der Waals surface area contributed by atoms with E-state index in [9.17, 15) is 18.0 Å². The minimum Gasteiger partial charge on any atom is -0.461 e. The Balaban J connectivity index is 3.16. The molecule has 1 aromatic heterocycles. The molecule has 0 fully saturated rings. The topological polar surface area (TPSA) is 39.2 Å². The molecular formula is C11H12F3NO2S. The molecule has 0 N–H and O–H groups in total. The number of aromatic nitrogens is 1. The maximum absolute atomic E-state index is 12.5. The van der Waals surface area contributed by atoms with Gasteiger partial charge in [-0.2, -0.15) is 13.2 Å². The van der Waals surface area contributed by atoms with Crippen molar-refractivity contribution in [3.05, 3.63) is 23.5 Å². The Kier molecular flexibility index (Phi) is 5.01. The van der Waals surface area contributed by atoms with E-state index in [4.69, 9.17) is 4.74 Å². The first-order valence-electron chi connectivity index (χ1n) is 5.27. The van der Waals surface area contributed by atoms with Gasteiger partial charge in [-0.15, -0.1) is 11.8 Å². The Morgan fingerprint density at radius 3 is 2.61 bits per heavy atom. The Bertz CT molecular complexity index is 435. The van der Waals surface area contributed by atoms with Crippen LogP contribution in [0.15, 0.2) is 17.2 Å². The summed E-state index contributed by atoms with van der Waals surface area (Å²) in [7, 11) is 0. The zero-order valence-corrected chi connectivity index (χ0v) is 10.7. The highest BCUT2D eigenvalue weighted by atomic mass is 32.2. The van der Waals surface area contributed by atoms with Gasteiger partial charge in [0.05, 0.1) is 12.2 Å². The Morgan fingerprint density at radius 2 is 2.11 bits per heavy atom. The lowest BCUT2D eigenvalue weighted by molar-refractivity contribution is -0.138. The van der Waals surface area contributed by atoms with Gasteiger partial charge in [0.15, 0.2) is 5.69 Å². The molecule has 0 aromatic carbocycles. The summed E-state index contributed by atoms with van der Waals surface area (Å²) >= 11 is 1.12. The van der Waals surface area contributed by atoms with Crippen molar-refractivity contribution < 1.29 is 22.7 Å². The van der Waals surface area contributed by atoms with Crippen LogP contribution in [0.4, 0.5) is 13.2 Å². The van der Waals surface area contributed by atoms with Crippen molar-refractivity contribution >= 4 is 17.7 Å². The van der Waals surface area contributed by atoms with Gasteiger partial charge in [0.2, 0.25) is 0 Å². The lowest BCUT2D eigenvalue weighted by Gasteiger charge is -2.11. The fourth-order valence-electron chi connectivity index (χ4n) is 1.22. The predicted octanol–water partition coefficient (Wildman–Crippen LogP) is 3.39. The summed E-state index contributed by atoms with van der Waals surface area (Å²) in [5.74, 6) is -0.169. The van der Waals surface area contributed by atoms with Gasteiger partial charge in [0, 0.05) is 11.1 Å². The van der Waals surface area contributed by atoms with Crippen LogP contribution >= 0.6 is 11.8 Å². The molecule has 0 unspecified atom stereocenters. The van der Waals surface area contributed by atoms with Crippen molar-refractivity contribution in [3.63, 3.8) is 0 Å². The molecule has 18 heavy (non-hydrogen) atoms. The first-order valence-corrected chi connectivity index (χ1v) is 6.25. The van der Waals surface area contributed by atoms with Crippen LogP contribution in [0, 0.1) is 0 Å². The second kappa shape index (κ2) is 6.08. The molecule has 0 aliphatic carbocycles. The van der Waals surface area contributed by atoms with E-state index in [1.165, 1.54) is 0 Å². The highest BCUT2D eigenvalue weighted by molar-refractivity contribution is 7.99. The van der Waals surface area contributed by atoms with E-state index in [1.54, 1.807) is 13.8 Å². The normalized spacial score (nSPS) is 11.4. The summed E-state index contributed by atoms with van der Waals surface area (Å²) in [6.45, 7) is 3.55. The predicted molar refractivity (Wildman–Crippen MR) is 61.6 cm³/mol. The van der Waals surface area contributed by atoms with Crippen molar-refractivity contribution in [1.82, 2.24) is 4.98 Å². The minimum atomic E-state index is -4.47. The van der Waals surface area contributed by atoms with Crippen molar-refractivity contribution in [2.75, 3.05) is 12.4 Å². The molecule has 0 radical (unpaired) electrons. The third-order valence-electron chi connectivity index (χ3n) is 1.95. The third-order valence-corrected chi connectivity index (χ3v) is 2.86. The zero-order valence-electron chi connectivity index (χ0n) is 9.87. The number of pyridine rings is 1.